The highest BCUT2D eigenvalue weighted by molar-refractivity contribution is 5.60. The number of nitrogens with one attached hydrogen (secondary N) is 2. The summed E-state index contributed by atoms with van der Waals surface area (Å²) in [5, 5.41) is 6.85. The Morgan fingerprint density at radius 1 is 1.24 bits per heavy atom. The Balaban J connectivity index is 1.80. The Kier molecular flexibility index (Phi) is 3.07. The number of aromatic nitrogens is 2. The maximum Gasteiger partial charge on any atom is 0.161 e. The summed E-state index contributed by atoms with van der Waals surface area (Å²) in [4.78, 5) is 9.30. The van der Waals surface area contributed by atoms with E-state index in [2.05, 4.69) is 20.6 Å². The van der Waals surface area contributed by atoms with Crippen LogP contribution in [0.15, 0.2) is 24.3 Å². The molecule has 2 N–H and O–H groups in total. The van der Waals surface area contributed by atoms with Crippen LogP contribution in [-0.2, 0) is 13.0 Å². The molecule has 0 spiro atoms. The Morgan fingerprint density at radius 3 is 2.95 bits per heavy atom. The fourth-order valence-electron chi connectivity index (χ4n) is 2.64. The van der Waals surface area contributed by atoms with Crippen molar-refractivity contribution in [2.45, 2.75) is 31.8 Å². The van der Waals surface area contributed by atoms with Crippen molar-refractivity contribution in [3.05, 3.63) is 41.3 Å². The lowest BCUT2D eigenvalue weighted by atomic mass is 10.1. The number of anilines is 1. The third-order valence-electron chi connectivity index (χ3n) is 3.93. The Hall–Kier alpha value is -2.01. The quantitative estimate of drug-likeness (QED) is 0.909. The Labute approximate surface area is 122 Å². The Bertz CT molecular complexity index is 682. The third-order valence-corrected chi connectivity index (χ3v) is 3.93. The number of rotatable bonds is 3. The van der Waals surface area contributed by atoms with Gasteiger partial charge in [-0.1, -0.05) is 12.1 Å². The molecule has 21 heavy (non-hydrogen) atoms. The molecule has 5 heteroatoms. The number of halogens is 1. The van der Waals surface area contributed by atoms with E-state index in [4.69, 9.17) is 0 Å². The lowest BCUT2D eigenvalue weighted by molar-refractivity contribution is 0.625. The second kappa shape index (κ2) is 5.07. The lowest BCUT2D eigenvalue weighted by Gasteiger charge is -2.20. The first kappa shape index (κ1) is 12.7. The molecular formula is C16H17FN4. The average Bonchev–Trinajstić information content (AvgIpc) is 3.31. The molecule has 2 aliphatic rings. The summed E-state index contributed by atoms with van der Waals surface area (Å²) in [6, 6.07) is 7.01. The van der Waals surface area contributed by atoms with E-state index in [1.165, 1.54) is 25.0 Å². The van der Waals surface area contributed by atoms with E-state index in [1.807, 2.05) is 6.07 Å². The molecule has 1 aliphatic heterocycles. The lowest BCUT2D eigenvalue weighted by Crippen LogP contribution is -2.27. The summed E-state index contributed by atoms with van der Waals surface area (Å²) in [5.41, 5.74) is 2.97. The largest absolute Gasteiger partial charge is 0.367 e. The number of fused-ring (bicyclic) bond motifs is 1. The van der Waals surface area contributed by atoms with E-state index in [0.717, 1.165) is 42.1 Å². The van der Waals surface area contributed by atoms with Gasteiger partial charge in [-0.2, -0.15) is 0 Å². The molecule has 0 radical (unpaired) electrons. The fourth-order valence-corrected chi connectivity index (χ4v) is 2.64. The third kappa shape index (κ3) is 2.61. The molecular weight excluding hydrogens is 267 g/mol. The van der Waals surface area contributed by atoms with Crippen molar-refractivity contribution >= 4 is 5.82 Å². The summed E-state index contributed by atoms with van der Waals surface area (Å²) >= 11 is 0. The van der Waals surface area contributed by atoms with Crippen LogP contribution in [0.1, 0.15) is 24.1 Å². The van der Waals surface area contributed by atoms with E-state index in [-0.39, 0.29) is 5.82 Å². The first-order chi connectivity index (χ1) is 10.3. The summed E-state index contributed by atoms with van der Waals surface area (Å²) < 4.78 is 13.4. The van der Waals surface area contributed by atoms with E-state index >= 15 is 0 Å². The first-order valence-electron chi connectivity index (χ1n) is 7.42. The summed E-state index contributed by atoms with van der Waals surface area (Å²) in [6.07, 6.45) is 3.28. The highest BCUT2D eigenvalue weighted by Gasteiger charge is 2.25. The number of hydrogen-bond donors (Lipinski definition) is 2. The van der Waals surface area contributed by atoms with Gasteiger partial charge in [0.2, 0.25) is 0 Å². The molecule has 4 rings (SSSR count). The van der Waals surface area contributed by atoms with Crippen LogP contribution in [0.4, 0.5) is 10.2 Å². The predicted molar refractivity (Wildman–Crippen MR) is 79.5 cm³/mol. The van der Waals surface area contributed by atoms with Crippen LogP contribution in [0.2, 0.25) is 0 Å². The average molecular weight is 284 g/mol. The van der Waals surface area contributed by atoms with E-state index in [0.29, 0.717) is 11.9 Å². The van der Waals surface area contributed by atoms with E-state index in [1.54, 1.807) is 6.07 Å². The van der Waals surface area contributed by atoms with Gasteiger partial charge >= 0.3 is 0 Å². The van der Waals surface area contributed by atoms with E-state index in [9.17, 15) is 4.39 Å². The molecule has 108 valence electrons. The highest BCUT2D eigenvalue weighted by Crippen LogP contribution is 2.29. The van der Waals surface area contributed by atoms with Crippen molar-refractivity contribution in [1.29, 1.82) is 0 Å². The van der Waals surface area contributed by atoms with Gasteiger partial charge in [-0.05, 0) is 25.0 Å². The van der Waals surface area contributed by atoms with Crippen LogP contribution in [0.3, 0.4) is 0 Å². The molecule has 1 aromatic heterocycles. The molecule has 2 heterocycles. The Morgan fingerprint density at radius 2 is 2.14 bits per heavy atom. The molecule has 0 bridgehead atoms. The van der Waals surface area contributed by atoms with Crippen LogP contribution in [0.5, 0.6) is 0 Å². The van der Waals surface area contributed by atoms with Gasteiger partial charge in [0.1, 0.15) is 11.6 Å². The van der Waals surface area contributed by atoms with Crippen LogP contribution in [0, 0.1) is 5.82 Å². The molecule has 4 nitrogen and oxygen atoms in total. The van der Waals surface area contributed by atoms with Crippen molar-refractivity contribution in [2.24, 2.45) is 0 Å². The summed E-state index contributed by atoms with van der Waals surface area (Å²) in [5.74, 6) is 1.26. The fraction of sp³-hybridized carbons (Fsp3) is 0.375. The minimum absolute atomic E-state index is 0.257. The predicted octanol–water partition coefficient (Wildman–Crippen LogP) is 2.50. The zero-order valence-corrected chi connectivity index (χ0v) is 11.7. The van der Waals surface area contributed by atoms with Gasteiger partial charge in [-0.25, -0.2) is 14.4 Å². The first-order valence-corrected chi connectivity index (χ1v) is 7.42. The molecule has 0 amide bonds. The molecule has 1 aromatic carbocycles. The molecule has 0 saturated heterocycles. The van der Waals surface area contributed by atoms with Crippen molar-refractivity contribution in [1.82, 2.24) is 15.3 Å². The van der Waals surface area contributed by atoms with Gasteiger partial charge in [-0.15, -0.1) is 0 Å². The topological polar surface area (TPSA) is 49.8 Å². The standard InChI is InChI=1S/C16H17FN4/c17-11-3-1-2-10(8-11)15-20-14-6-7-18-9-13(14)16(21-15)19-12-4-5-12/h1-3,8,12,18H,4-7,9H2,(H,19,20,21). The van der Waals surface area contributed by atoms with Crippen LogP contribution >= 0.6 is 0 Å². The number of benzene rings is 1. The summed E-state index contributed by atoms with van der Waals surface area (Å²) in [7, 11) is 0. The van der Waals surface area contributed by atoms with Gasteiger partial charge < -0.3 is 10.6 Å². The summed E-state index contributed by atoms with van der Waals surface area (Å²) in [6.45, 7) is 1.73. The van der Waals surface area contributed by atoms with Crippen molar-refractivity contribution < 1.29 is 4.39 Å². The van der Waals surface area contributed by atoms with Crippen LogP contribution < -0.4 is 10.6 Å². The molecule has 0 unspecified atom stereocenters. The molecule has 2 aromatic rings. The van der Waals surface area contributed by atoms with Crippen molar-refractivity contribution in [2.75, 3.05) is 11.9 Å². The van der Waals surface area contributed by atoms with Gasteiger partial charge in [0, 0.05) is 36.7 Å². The minimum Gasteiger partial charge on any atom is -0.367 e. The second-order valence-corrected chi connectivity index (χ2v) is 5.68. The zero-order valence-electron chi connectivity index (χ0n) is 11.7. The van der Waals surface area contributed by atoms with Crippen LogP contribution in [-0.4, -0.2) is 22.6 Å². The minimum atomic E-state index is -0.257. The van der Waals surface area contributed by atoms with E-state index < -0.39 is 0 Å². The normalized spacial score (nSPS) is 17.4. The van der Waals surface area contributed by atoms with Crippen LogP contribution in [0.25, 0.3) is 11.4 Å². The van der Waals surface area contributed by atoms with Gasteiger partial charge in [0.25, 0.3) is 0 Å². The molecule has 1 saturated carbocycles. The van der Waals surface area contributed by atoms with Gasteiger partial charge in [-0.3, -0.25) is 0 Å². The SMILES string of the molecule is Fc1cccc(-c2nc3c(c(NC4CC4)n2)CNCC3)c1. The second-order valence-electron chi connectivity index (χ2n) is 5.68. The maximum atomic E-state index is 13.4. The smallest absolute Gasteiger partial charge is 0.161 e. The van der Waals surface area contributed by atoms with Crippen molar-refractivity contribution in [3.63, 3.8) is 0 Å². The molecule has 1 fully saturated rings. The zero-order chi connectivity index (χ0) is 14.2. The van der Waals surface area contributed by atoms with Crippen molar-refractivity contribution in [3.8, 4) is 11.4 Å². The number of nitrogens with zero attached hydrogens (tertiary/aromatic N) is 2. The monoisotopic (exact) mass is 284 g/mol. The van der Waals surface area contributed by atoms with Gasteiger partial charge in [0.15, 0.2) is 5.82 Å². The number of hydrogen-bond acceptors (Lipinski definition) is 4. The molecule has 1 aliphatic carbocycles. The highest BCUT2D eigenvalue weighted by atomic mass is 19.1. The molecule has 0 atom stereocenters. The van der Waals surface area contributed by atoms with Gasteiger partial charge in [0.05, 0.1) is 5.69 Å². The maximum absolute atomic E-state index is 13.4.